The molecule has 1 N–H and O–H groups in total. The topological polar surface area (TPSA) is 37.9 Å². The summed E-state index contributed by atoms with van der Waals surface area (Å²) in [6.45, 7) is 2.97. The number of aromatic amines is 1. The van der Waals surface area contributed by atoms with Gasteiger partial charge in [-0.15, -0.1) is 0 Å². The van der Waals surface area contributed by atoms with Crippen molar-refractivity contribution in [1.82, 2.24) is 9.97 Å². The van der Waals surface area contributed by atoms with Crippen molar-refractivity contribution in [3.8, 4) is 0 Å². The summed E-state index contributed by atoms with van der Waals surface area (Å²) in [7, 11) is 0. The highest BCUT2D eigenvalue weighted by Crippen LogP contribution is 2.27. The van der Waals surface area contributed by atoms with Crippen LogP contribution in [0, 0.1) is 4.64 Å². The molecule has 2 rings (SSSR count). The lowest BCUT2D eigenvalue weighted by molar-refractivity contribution is 0.104. The van der Waals surface area contributed by atoms with Gasteiger partial charge in [-0.05, 0) is 35.2 Å². The molecule has 1 aromatic heterocycles. The monoisotopic (exact) mass is 302 g/mol. The molecular formula is C11H15BrN2OS. The van der Waals surface area contributed by atoms with Crippen LogP contribution < -0.4 is 0 Å². The fraction of sp³-hybridized carbons (Fsp3) is 0.636. The van der Waals surface area contributed by atoms with E-state index >= 15 is 0 Å². The summed E-state index contributed by atoms with van der Waals surface area (Å²) in [4.78, 5) is 7.73. The highest BCUT2D eigenvalue weighted by molar-refractivity contribution is 9.10. The number of ether oxygens (including phenoxy) is 1. The lowest BCUT2D eigenvalue weighted by Crippen LogP contribution is -2.06. The van der Waals surface area contributed by atoms with E-state index in [0.717, 1.165) is 48.3 Å². The smallest absolute Gasteiger partial charge is 0.144 e. The lowest BCUT2D eigenvalue weighted by Gasteiger charge is -2.12. The number of hydrogen-bond donors (Lipinski definition) is 1. The van der Waals surface area contributed by atoms with Crippen LogP contribution in [0.4, 0.5) is 0 Å². The molecule has 1 aliphatic heterocycles. The van der Waals surface area contributed by atoms with E-state index in [-0.39, 0.29) is 6.10 Å². The maximum Gasteiger partial charge on any atom is 0.144 e. The van der Waals surface area contributed by atoms with Crippen molar-refractivity contribution in [2.75, 3.05) is 6.61 Å². The number of halogens is 1. The van der Waals surface area contributed by atoms with Crippen molar-refractivity contribution < 1.29 is 4.74 Å². The molecule has 1 atom stereocenters. The molecule has 5 heteroatoms. The number of nitrogens with zero attached hydrogens (tertiary/aromatic N) is 1. The standard InChI is InChI=1S/C11H15BrN2OS/c1-2-4-7-9(12)11(16)14-10(13-7)8-5-3-6-15-8/h8H,2-6H2,1H3,(H,13,14,16). The van der Waals surface area contributed by atoms with E-state index in [1.54, 1.807) is 0 Å². The zero-order valence-corrected chi connectivity index (χ0v) is 11.7. The van der Waals surface area contributed by atoms with Gasteiger partial charge >= 0.3 is 0 Å². The molecule has 1 saturated heterocycles. The van der Waals surface area contributed by atoms with Crippen molar-refractivity contribution in [3.05, 3.63) is 20.6 Å². The third kappa shape index (κ3) is 2.52. The van der Waals surface area contributed by atoms with Gasteiger partial charge in [0.05, 0.1) is 4.47 Å². The van der Waals surface area contributed by atoms with E-state index in [0.29, 0.717) is 4.64 Å². The second-order valence-corrected chi connectivity index (χ2v) is 5.15. The average Bonchev–Trinajstić information content (AvgIpc) is 2.78. The van der Waals surface area contributed by atoms with Gasteiger partial charge in [0.25, 0.3) is 0 Å². The van der Waals surface area contributed by atoms with E-state index in [1.165, 1.54) is 0 Å². The van der Waals surface area contributed by atoms with E-state index in [2.05, 4.69) is 32.8 Å². The Kier molecular flexibility index (Phi) is 4.10. The fourth-order valence-electron chi connectivity index (χ4n) is 1.89. The molecular weight excluding hydrogens is 288 g/mol. The normalized spacial score (nSPS) is 20.2. The number of H-pyrrole nitrogens is 1. The third-order valence-electron chi connectivity index (χ3n) is 2.69. The fourth-order valence-corrected chi connectivity index (χ4v) is 2.50. The first-order valence-corrected chi connectivity index (χ1v) is 6.82. The summed E-state index contributed by atoms with van der Waals surface area (Å²) in [5, 5.41) is 0. The minimum absolute atomic E-state index is 0.102. The van der Waals surface area contributed by atoms with E-state index < -0.39 is 0 Å². The average molecular weight is 303 g/mol. The molecule has 1 aliphatic rings. The van der Waals surface area contributed by atoms with Gasteiger partial charge in [0.1, 0.15) is 16.6 Å². The minimum atomic E-state index is 0.102. The van der Waals surface area contributed by atoms with Crippen molar-refractivity contribution in [3.63, 3.8) is 0 Å². The Bertz CT molecular complexity index is 426. The SMILES string of the molecule is CCCc1[nH]c(C2CCCO2)nc(=S)c1Br. The molecule has 3 nitrogen and oxygen atoms in total. The van der Waals surface area contributed by atoms with Gasteiger partial charge in [0.15, 0.2) is 0 Å². The van der Waals surface area contributed by atoms with Crippen LogP contribution in [0.15, 0.2) is 4.47 Å². The molecule has 1 fully saturated rings. The molecule has 0 spiro atoms. The maximum absolute atomic E-state index is 5.61. The summed E-state index contributed by atoms with van der Waals surface area (Å²) >= 11 is 8.73. The molecule has 0 amide bonds. The lowest BCUT2D eigenvalue weighted by atomic mass is 10.2. The summed E-state index contributed by atoms with van der Waals surface area (Å²) in [6, 6.07) is 0. The minimum Gasteiger partial charge on any atom is -0.370 e. The summed E-state index contributed by atoms with van der Waals surface area (Å²) in [6.07, 6.45) is 4.30. The van der Waals surface area contributed by atoms with Crippen LogP contribution in [-0.4, -0.2) is 16.6 Å². The van der Waals surface area contributed by atoms with E-state index in [9.17, 15) is 0 Å². The van der Waals surface area contributed by atoms with Crippen LogP contribution in [0.5, 0.6) is 0 Å². The molecule has 16 heavy (non-hydrogen) atoms. The molecule has 0 aromatic carbocycles. The van der Waals surface area contributed by atoms with Crippen molar-refractivity contribution in [2.45, 2.75) is 38.7 Å². The zero-order chi connectivity index (χ0) is 11.5. The summed E-state index contributed by atoms with van der Waals surface area (Å²) < 4.78 is 7.17. The van der Waals surface area contributed by atoms with Crippen LogP contribution >= 0.6 is 28.1 Å². The van der Waals surface area contributed by atoms with E-state index in [4.69, 9.17) is 17.0 Å². The first kappa shape index (κ1) is 12.2. The van der Waals surface area contributed by atoms with E-state index in [1.807, 2.05) is 0 Å². The number of aryl methyl sites for hydroxylation is 1. The van der Waals surface area contributed by atoms with Crippen molar-refractivity contribution in [1.29, 1.82) is 0 Å². The molecule has 1 unspecified atom stereocenters. The predicted molar refractivity (Wildman–Crippen MR) is 69.0 cm³/mol. The van der Waals surface area contributed by atoms with Gasteiger partial charge in [0.2, 0.25) is 0 Å². The molecule has 88 valence electrons. The maximum atomic E-state index is 5.61. The Morgan fingerprint density at radius 3 is 3.06 bits per heavy atom. The van der Waals surface area contributed by atoms with Crippen molar-refractivity contribution in [2.24, 2.45) is 0 Å². The number of aromatic nitrogens is 2. The molecule has 0 aliphatic carbocycles. The molecule has 1 aromatic rings. The highest BCUT2D eigenvalue weighted by atomic mass is 79.9. The zero-order valence-electron chi connectivity index (χ0n) is 9.25. The first-order chi connectivity index (χ1) is 7.72. The van der Waals surface area contributed by atoms with Crippen LogP contribution in [0.3, 0.4) is 0 Å². The third-order valence-corrected chi connectivity index (χ3v) is 4.10. The Balaban J connectivity index is 2.35. The second-order valence-electron chi connectivity index (χ2n) is 3.97. The van der Waals surface area contributed by atoms with Gasteiger partial charge in [-0.25, -0.2) is 4.98 Å². The molecule has 0 saturated carbocycles. The first-order valence-electron chi connectivity index (χ1n) is 5.62. The van der Waals surface area contributed by atoms with Gasteiger partial charge < -0.3 is 9.72 Å². The Morgan fingerprint density at radius 2 is 2.44 bits per heavy atom. The number of rotatable bonds is 3. The Labute approximate surface area is 109 Å². The van der Waals surface area contributed by atoms with Gasteiger partial charge in [-0.1, -0.05) is 25.6 Å². The van der Waals surface area contributed by atoms with Crippen LogP contribution in [0.25, 0.3) is 0 Å². The molecule has 0 radical (unpaired) electrons. The van der Waals surface area contributed by atoms with Crippen molar-refractivity contribution >= 4 is 28.1 Å². The van der Waals surface area contributed by atoms with Crippen LogP contribution in [0.2, 0.25) is 0 Å². The van der Waals surface area contributed by atoms with Gasteiger partial charge in [0, 0.05) is 12.3 Å². The van der Waals surface area contributed by atoms with Gasteiger partial charge in [-0.2, -0.15) is 0 Å². The highest BCUT2D eigenvalue weighted by Gasteiger charge is 2.20. The van der Waals surface area contributed by atoms with Gasteiger partial charge in [-0.3, -0.25) is 0 Å². The molecule has 0 bridgehead atoms. The number of nitrogens with one attached hydrogen (secondary N) is 1. The van der Waals surface area contributed by atoms with Crippen LogP contribution in [-0.2, 0) is 11.2 Å². The predicted octanol–water partition coefficient (Wildman–Crippen LogP) is 3.71. The number of hydrogen-bond acceptors (Lipinski definition) is 3. The summed E-state index contributed by atoms with van der Waals surface area (Å²) in [5.41, 5.74) is 1.13. The Morgan fingerprint density at radius 1 is 1.62 bits per heavy atom. The molecule has 2 heterocycles. The van der Waals surface area contributed by atoms with Crippen LogP contribution in [0.1, 0.15) is 43.8 Å². The Hall–Kier alpha value is -0.260. The second kappa shape index (κ2) is 5.38. The quantitative estimate of drug-likeness (QED) is 0.865. The largest absolute Gasteiger partial charge is 0.370 e. The summed E-state index contributed by atoms with van der Waals surface area (Å²) in [5.74, 6) is 0.883.